The zero-order chi connectivity index (χ0) is 20.5. The summed E-state index contributed by atoms with van der Waals surface area (Å²) >= 11 is 0. The lowest BCUT2D eigenvalue weighted by Crippen LogP contribution is -2.49. The molecule has 1 saturated heterocycles. The molecule has 2 unspecified atom stereocenters. The van der Waals surface area contributed by atoms with Crippen LogP contribution in [0.4, 0.5) is 5.69 Å². The lowest BCUT2D eigenvalue weighted by Gasteiger charge is -2.43. The third-order valence-electron chi connectivity index (χ3n) is 8.16. The number of hydrogen-bond donors (Lipinski definition) is 0. The van der Waals surface area contributed by atoms with E-state index in [4.69, 9.17) is 0 Å². The Kier molecular flexibility index (Phi) is 5.87. The fourth-order valence-electron chi connectivity index (χ4n) is 6.81. The number of benzene rings is 2. The summed E-state index contributed by atoms with van der Waals surface area (Å²) in [7, 11) is 0. The van der Waals surface area contributed by atoms with Crippen molar-refractivity contribution >= 4 is 5.69 Å². The average molecular weight is 403 g/mol. The van der Waals surface area contributed by atoms with Crippen LogP contribution >= 0.6 is 0 Å². The van der Waals surface area contributed by atoms with Crippen molar-refractivity contribution in [1.82, 2.24) is 4.90 Å². The van der Waals surface area contributed by atoms with E-state index in [1.165, 1.54) is 74.6 Å². The predicted octanol–water partition coefficient (Wildman–Crippen LogP) is 7.10. The third kappa shape index (κ3) is 3.58. The summed E-state index contributed by atoms with van der Waals surface area (Å²) in [5.41, 5.74) is 4.39. The molecule has 2 nitrogen and oxygen atoms in total. The van der Waals surface area contributed by atoms with Crippen molar-refractivity contribution < 1.29 is 0 Å². The van der Waals surface area contributed by atoms with Crippen molar-refractivity contribution in [2.45, 2.75) is 95.9 Å². The van der Waals surface area contributed by atoms with Gasteiger partial charge in [0.05, 0.1) is 12.2 Å². The Hall–Kier alpha value is -1.80. The summed E-state index contributed by atoms with van der Waals surface area (Å²) in [6, 6.07) is 22.2. The first-order chi connectivity index (χ1) is 14.8. The van der Waals surface area contributed by atoms with E-state index in [-0.39, 0.29) is 0 Å². The van der Waals surface area contributed by atoms with Crippen molar-refractivity contribution in [1.29, 1.82) is 0 Å². The van der Waals surface area contributed by atoms with Gasteiger partial charge >= 0.3 is 0 Å². The quantitative estimate of drug-likeness (QED) is 0.538. The molecule has 2 saturated carbocycles. The Morgan fingerprint density at radius 2 is 1.37 bits per heavy atom. The third-order valence-corrected chi connectivity index (χ3v) is 8.16. The average Bonchev–Trinajstić information content (AvgIpc) is 3.41. The molecule has 0 bridgehead atoms. The number of hydrogen-bond acceptors (Lipinski definition) is 2. The van der Waals surface area contributed by atoms with E-state index in [1.54, 1.807) is 0 Å². The van der Waals surface area contributed by atoms with Crippen LogP contribution in [0.1, 0.15) is 81.9 Å². The van der Waals surface area contributed by atoms with E-state index >= 15 is 0 Å². The van der Waals surface area contributed by atoms with Gasteiger partial charge in [0.25, 0.3) is 0 Å². The molecule has 1 aliphatic heterocycles. The van der Waals surface area contributed by atoms with Gasteiger partial charge in [0, 0.05) is 17.8 Å². The molecule has 3 fully saturated rings. The molecule has 2 aliphatic carbocycles. The van der Waals surface area contributed by atoms with Crippen LogP contribution in [-0.2, 0) is 0 Å². The fourth-order valence-corrected chi connectivity index (χ4v) is 6.81. The lowest BCUT2D eigenvalue weighted by molar-refractivity contribution is 0.0693. The van der Waals surface area contributed by atoms with Gasteiger partial charge in [-0.15, -0.1) is 0 Å². The smallest absolute Gasteiger partial charge is 0.0861 e. The van der Waals surface area contributed by atoms with Crippen molar-refractivity contribution in [3.05, 3.63) is 65.7 Å². The maximum Gasteiger partial charge on any atom is 0.0861 e. The molecule has 3 aliphatic rings. The van der Waals surface area contributed by atoms with E-state index < -0.39 is 0 Å². The molecule has 0 N–H and O–H groups in total. The second-order valence-corrected chi connectivity index (χ2v) is 9.99. The van der Waals surface area contributed by atoms with Crippen molar-refractivity contribution in [3.8, 4) is 0 Å². The van der Waals surface area contributed by atoms with E-state index in [2.05, 4.69) is 78.2 Å². The van der Waals surface area contributed by atoms with Crippen LogP contribution in [0.2, 0.25) is 0 Å². The molecule has 2 aromatic carbocycles. The summed E-state index contributed by atoms with van der Waals surface area (Å²) in [4.78, 5) is 5.86. The highest BCUT2D eigenvalue weighted by atomic mass is 15.5. The van der Waals surface area contributed by atoms with E-state index in [0.29, 0.717) is 18.2 Å². The Bertz CT molecular complexity index is 820. The van der Waals surface area contributed by atoms with Gasteiger partial charge in [-0.05, 0) is 62.6 Å². The summed E-state index contributed by atoms with van der Waals surface area (Å²) in [5.74, 6) is 0.794. The number of aryl methyl sites for hydroxylation is 1. The molecular weight excluding hydrogens is 364 g/mol. The Morgan fingerprint density at radius 3 is 2.07 bits per heavy atom. The SMILES string of the molecule is Cc1ccccc1N1C(C2CCCC2)N(C2CCCCC2)C(c2ccccc2)[C@@H]1C. The first-order valence-corrected chi connectivity index (χ1v) is 12.4. The van der Waals surface area contributed by atoms with Gasteiger partial charge in [-0.2, -0.15) is 0 Å². The van der Waals surface area contributed by atoms with E-state index in [9.17, 15) is 0 Å². The van der Waals surface area contributed by atoms with Gasteiger partial charge in [-0.25, -0.2) is 0 Å². The van der Waals surface area contributed by atoms with Crippen LogP contribution in [0.5, 0.6) is 0 Å². The van der Waals surface area contributed by atoms with Crippen LogP contribution in [0.3, 0.4) is 0 Å². The van der Waals surface area contributed by atoms with E-state index in [1.807, 2.05) is 0 Å². The number of nitrogens with zero attached hydrogens (tertiary/aromatic N) is 2. The zero-order valence-corrected chi connectivity index (χ0v) is 18.8. The highest BCUT2D eigenvalue weighted by Crippen LogP contribution is 2.49. The fraction of sp³-hybridized carbons (Fsp3) is 0.571. The number of rotatable bonds is 4. The van der Waals surface area contributed by atoms with Gasteiger partial charge in [0.2, 0.25) is 0 Å². The summed E-state index contributed by atoms with van der Waals surface area (Å²) < 4.78 is 0. The lowest BCUT2D eigenvalue weighted by atomic mass is 9.90. The van der Waals surface area contributed by atoms with Gasteiger partial charge in [0.1, 0.15) is 0 Å². The van der Waals surface area contributed by atoms with Crippen LogP contribution in [0.15, 0.2) is 54.6 Å². The Balaban J connectivity index is 1.63. The largest absolute Gasteiger partial charge is 0.351 e. The van der Waals surface area contributed by atoms with Gasteiger partial charge in [-0.1, -0.05) is 80.6 Å². The van der Waals surface area contributed by atoms with Crippen LogP contribution < -0.4 is 4.90 Å². The molecule has 0 spiro atoms. The predicted molar refractivity (Wildman–Crippen MR) is 127 cm³/mol. The minimum absolute atomic E-state index is 0.486. The molecule has 2 heteroatoms. The monoisotopic (exact) mass is 402 g/mol. The molecule has 0 radical (unpaired) electrons. The summed E-state index contributed by atoms with van der Waals surface area (Å²) in [5, 5.41) is 0. The van der Waals surface area contributed by atoms with Crippen molar-refractivity contribution in [2.75, 3.05) is 4.90 Å². The number of para-hydroxylation sites is 1. The normalized spacial score (nSPS) is 29.0. The van der Waals surface area contributed by atoms with Crippen LogP contribution in [0.25, 0.3) is 0 Å². The minimum Gasteiger partial charge on any atom is -0.351 e. The van der Waals surface area contributed by atoms with Gasteiger partial charge in [-0.3, -0.25) is 4.90 Å². The van der Waals surface area contributed by atoms with Crippen molar-refractivity contribution in [3.63, 3.8) is 0 Å². The topological polar surface area (TPSA) is 6.48 Å². The highest BCUT2D eigenvalue weighted by molar-refractivity contribution is 5.56. The molecule has 5 rings (SSSR count). The second-order valence-electron chi connectivity index (χ2n) is 9.99. The zero-order valence-electron chi connectivity index (χ0n) is 18.8. The Morgan fingerprint density at radius 1 is 0.733 bits per heavy atom. The first-order valence-electron chi connectivity index (χ1n) is 12.4. The maximum absolute atomic E-state index is 3.02. The first kappa shape index (κ1) is 20.1. The Labute approximate surface area is 183 Å². The molecule has 1 heterocycles. The molecule has 160 valence electrons. The summed E-state index contributed by atoms with van der Waals surface area (Å²) in [6.07, 6.45) is 13.1. The highest BCUT2D eigenvalue weighted by Gasteiger charge is 2.51. The standard InChI is InChI=1S/C28H38N2/c1-21-13-9-12-20-26(21)29-22(2)27(23-14-5-3-6-15-23)30(25-18-7-4-8-19-25)28(29)24-16-10-11-17-24/h3,5-6,9,12-15,20,22,24-25,27-28H,4,7-8,10-11,16-19H2,1-2H3/t22-,27?,28?/m0/s1. The molecule has 0 aromatic heterocycles. The van der Waals surface area contributed by atoms with Gasteiger partial charge < -0.3 is 4.90 Å². The van der Waals surface area contributed by atoms with Crippen LogP contribution in [0, 0.1) is 12.8 Å². The number of anilines is 1. The molecule has 0 amide bonds. The van der Waals surface area contributed by atoms with Crippen molar-refractivity contribution in [2.24, 2.45) is 5.92 Å². The van der Waals surface area contributed by atoms with E-state index in [0.717, 1.165) is 12.0 Å². The molecule has 3 atom stereocenters. The molecule has 2 aromatic rings. The van der Waals surface area contributed by atoms with Crippen LogP contribution in [-0.4, -0.2) is 23.1 Å². The maximum atomic E-state index is 3.02. The summed E-state index contributed by atoms with van der Waals surface area (Å²) in [6.45, 7) is 4.80. The second kappa shape index (κ2) is 8.75. The molecular formula is C28H38N2. The minimum atomic E-state index is 0.486. The van der Waals surface area contributed by atoms with Gasteiger partial charge in [0.15, 0.2) is 0 Å². The molecule has 30 heavy (non-hydrogen) atoms.